The van der Waals surface area contributed by atoms with Crippen molar-refractivity contribution in [3.8, 4) is 16.9 Å². The number of carbonyl (C=O) groups excluding carboxylic acids is 2. The van der Waals surface area contributed by atoms with Gasteiger partial charge in [-0.25, -0.2) is 9.97 Å². The summed E-state index contributed by atoms with van der Waals surface area (Å²) in [6.07, 6.45) is 3.49. The molecule has 2 aromatic carbocycles. The maximum Gasteiger partial charge on any atom is 0.279 e. The zero-order chi connectivity index (χ0) is 23.3. The molecule has 4 aromatic rings. The summed E-state index contributed by atoms with van der Waals surface area (Å²) < 4.78 is 3.58. The lowest BCUT2D eigenvalue weighted by atomic mass is 10.1. The highest BCUT2D eigenvalue weighted by molar-refractivity contribution is 6.33. The van der Waals surface area contributed by atoms with Crippen LogP contribution >= 0.6 is 11.6 Å². The van der Waals surface area contributed by atoms with E-state index in [1.807, 2.05) is 35.9 Å². The minimum atomic E-state index is -0.356. The maximum absolute atomic E-state index is 13.7. The summed E-state index contributed by atoms with van der Waals surface area (Å²) in [5, 5.41) is 3.16. The summed E-state index contributed by atoms with van der Waals surface area (Å²) in [5.74, 6) is 0.0534. The number of rotatable bonds is 3. The number of aryl methyl sites for hydroxylation is 2. The number of hydrogen-bond acceptors (Lipinski definition) is 5. The van der Waals surface area contributed by atoms with E-state index in [2.05, 4.69) is 15.3 Å². The molecule has 9 nitrogen and oxygen atoms in total. The molecule has 3 heterocycles. The summed E-state index contributed by atoms with van der Waals surface area (Å²) in [4.78, 5) is 36.3. The molecule has 2 aromatic heterocycles. The number of hydrogen-bond donors (Lipinski definition) is 2. The van der Waals surface area contributed by atoms with Gasteiger partial charge in [-0.1, -0.05) is 23.7 Å². The van der Waals surface area contributed by atoms with Crippen molar-refractivity contribution < 1.29 is 9.59 Å². The number of benzene rings is 2. The van der Waals surface area contributed by atoms with Gasteiger partial charge in [0, 0.05) is 18.4 Å². The fraction of sp³-hybridized carbons (Fsp3) is 0.130. The lowest BCUT2D eigenvalue weighted by Crippen LogP contribution is -2.36. The molecule has 1 aliphatic heterocycles. The van der Waals surface area contributed by atoms with Gasteiger partial charge in [0.15, 0.2) is 11.5 Å². The van der Waals surface area contributed by atoms with E-state index in [4.69, 9.17) is 17.3 Å². The van der Waals surface area contributed by atoms with Gasteiger partial charge in [-0.3, -0.25) is 19.1 Å². The van der Waals surface area contributed by atoms with Gasteiger partial charge in [0.25, 0.3) is 5.91 Å². The number of carbonyl (C=O) groups is 2. The molecule has 0 fully saturated rings. The smallest absolute Gasteiger partial charge is 0.279 e. The molecule has 0 atom stereocenters. The number of nitrogens with one attached hydrogen (secondary N) is 1. The molecule has 166 valence electrons. The molecule has 0 aliphatic carbocycles. The van der Waals surface area contributed by atoms with E-state index in [1.165, 1.54) is 4.90 Å². The quantitative estimate of drug-likeness (QED) is 0.454. The number of amides is 2. The number of fused-ring (bicyclic) bond motifs is 1. The van der Waals surface area contributed by atoms with E-state index >= 15 is 0 Å². The lowest BCUT2D eigenvalue weighted by Gasteiger charge is -2.21. The molecule has 0 radical (unpaired) electrons. The molecule has 33 heavy (non-hydrogen) atoms. The Morgan fingerprint density at radius 2 is 1.82 bits per heavy atom. The average Bonchev–Trinajstić information content (AvgIpc) is 3.33. The van der Waals surface area contributed by atoms with Crippen LogP contribution in [-0.4, -0.2) is 37.5 Å². The van der Waals surface area contributed by atoms with Crippen molar-refractivity contribution >= 4 is 40.6 Å². The highest BCUT2D eigenvalue weighted by atomic mass is 35.5. The molecule has 0 saturated carbocycles. The maximum atomic E-state index is 13.7. The summed E-state index contributed by atoms with van der Waals surface area (Å²) in [7, 11) is 1.91. The predicted octanol–water partition coefficient (Wildman–Crippen LogP) is 3.42. The molecule has 3 N–H and O–H groups in total. The standard InChI is InChI=1S/C23H20ClN7O2/c1-13-27-22-21(31(13)16-7-8-17(24)18(25)9-16)23(33)30(11-20(32)28-22)15-5-3-14(4-6-15)19-10-26-12-29(19)2/h3-10,12H,11,25H2,1-2H3,(H,28,32). The third-order valence-corrected chi connectivity index (χ3v) is 5.93. The first kappa shape index (κ1) is 20.8. The second-order valence-electron chi connectivity index (χ2n) is 7.77. The van der Waals surface area contributed by atoms with Crippen LogP contribution in [0.4, 0.5) is 17.2 Å². The van der Waals surface area contributed by atoms with Crippen molar-refractivity contribution in [2.45, 2.75) is 6.92 Å². The van der Waals surface area contributed by atoms with Gasteiger partial charge >= 0.3 is 0 Å². The summed E-state index contributed by atoms with van der Waals surface area (Å²) in [6.45, 7) is 1.62. The van der Waals surface area contributed by atoms with Gasteiger partial charge in [0.1, 0.15) is 12.4 Å². The van der Waals surface area contributed by atoms with Gasteiger partial charge in [0.05, 0.1) is 28.9 Å². The van der Waals surface area contributed by atoms with Crippen LogP contribution in [0.1, 0.15) is 16.3 Å². The Bertz CT molecular complexity index is 1400. The number of nitrogens with zero attached hydrogens (tertiary/aromatic N) is 5. The van der Waals surface area contributed by atoms with E-state index in [0.29, 0.717) is 27.9 Å². The third-order valence-electron chi connectivity index (χ3n) is 5.58. The van der Waals surface area contributed by atoms with E-state index in [0.717, 1.165) is 11.3 Å². The number of aromatic nitrogens is 4. The largest absolute Gasteiger partial charge is 0.397 e. The normalized spacial score (nSPS) is 13.6. The van der Waals surface area contributed by atoms with Gasteiger partial charge in [-0.2, -0.15) is 0 Å². The van der Waals surface area contributed by atoms with Crippen LogP contribution < -0.4 is 16.0 Å². The first-order valence-electron chi connectivity index (χ1n) is 10.2. The van der Waals surface area contributed by atoms with Crippen LogP contribution in [0.3, 0.4) is 0 Å². The Labute approximate surface area is 194 Å². The molecule has 0 unspecified atom stereocenters. The number of nitrogens with two attached hydrogens (primary N) is 1. The summed E-state index contributed by atoms with van der Waals surface area (Å²) >= 11 is 6.07. The highest BCUT2D eigenvalue weighted by Crippen LogP contribution is 2.31. The minimum absolute atomic E-state index is 0.137. The zero-order valence-electron chi connectivity index (χ0n) is 17.9. The first-order valence-corrected chi connectivity index (χ1v) is 10.5. The van der Waals surface area contributed by atoms with Crippen LogP contribution in [-0.2, 0) is 11.8 Å². The molecular weight excluding hydrogens is 442 g/mol. The Kier molecular flexibility index (Phi) is 4.90. The Hall–Kier alpha value is -4.11. The van der Waals surface area contributed by atoms with Gasteiger partial charge in [-0.15, -0.1) is 0 Å². The van der Waals surface area contributed by atoms with E-state index < -0.39 is 0 Å². The number of anilines is 3. The summed E-state index contributed by atoms with van der Waals surface area (Å²) in [5.41, 5.74) is 9.72. The van der Waals surface area contributed by atoms with Crippen LogP contribution in [0.2, 0.25) is 5.02 Å². The lowest BCUT2D eigenvalue weighted by molar-refractivity contribution is -0.114. The number of nitrogen functional groups attached to an aromatic ring is 1. The fourth-order valence-corrected chi connectivity index (χ4v) is 4.09. The van der Waals surface area contributed by atoms with Crippen LogP contribution in [0.15, 0.2) is 55.0 Å². The number of halogens is 1. The second kappa shape index (κ2) is 7.79. The van der Waals surface area contributed by atoms with Crippen molar-refractivity contribution in [3.05, 3.63) is 71.5 Å². The molecule has 10 heteroatoms. The number of imidazole rings is 2. The molecule has 0 saturated heterocycles. The van der Waals surface area contributed by atoms with Crippen molar-refractivity contribution in [1.29, 1.82) is 0 Å². The monoisotopic (exact) mass is 461 g/mol. The van der Waals surface area contributed by atoms with Crippen molar-refractivity contribution in [2.24, 2.45) is 7.05 Å². The molecule has 5 rings (SSSR count). The van der Waals surface area contributed by atoms with Crippen molar-refractivity contribution in [2.75, 3.05) is 22.5 Å². The fourth-order valence-electron chi connectivity index (χ4n) is 3.97. The average molecular weight is 462 g/mol. The van der Waals surface area contributed by atoms with E-state index in [9.17, 15) is 9.59 Å². The van der Waals surface area contributed by atoms with Gasteiger partial charge in [-0.05, 0) is 42.8 Å². The minimum Gasteiger partial charge on any atom is -0.397 e. The van der Waals surface area contributed by atoms with Crippen molar-refractivity contribution in [1.82, 2.24) is 19.1 Å². The van der Waals surface area contributed by atoms with Crippen LogP contribution in [0.5, 0.6) is 0 Å². The molecule has 0 bridgehead atoms. The molecule has 2 amide bonds. The van der Waals surface area contributed by atoms with E-state index in [-0.39, 0.29) is 29.9 Å². The Morgan fingerprint density at radius 3 is 2.48 bits per heavy atom. The molecule has 1 aliphatic rings. The predicted molar refractivity (Wildman–Crippen MR) is 127 cm³/mol. The van der Waals surface area contributed by atoms with Crippen LogP contribution in [0.25, 0.3) is 16.9 Å². The van der Waals surface area contributed by atoms with E-state index in [1.54, 1.807) is 42.2 Å². The first-order chi connectivity index (χ1) is 15.8. The second-order valence-corrected chi connectivity index (χ2v) is 8.18. The SMILES string of the molecule is Cc1nc2c(n1-c1ccc(Cl)c(N)c1)C(=O)N(c1ccc(-c3cncn3C)cc1)CC(=O)N2. The zero-order valence-corrected chi connectivity index (χ0v) is 18.7. The molecular formula is C23H20ClN7O2. The topological polar surface area (TPSA) is 111 Å². The Morgan fingerprint density at radius 1 is 1.09 bits per heavy atom. The van der Waals surface area contributed by atoms with Crippen LogP contribution in [0, 0.1) is 6.92 Å². The summed E-state index contributed by atoms with van der Waals surface area (Å²) in [6, 6.07) is 12.5. The van der Waals surface area contributed by atoms with Gasteiger partial charge in [0.2, 0.25) is 5.91 Å². The Balaban J connectivity index is 1.58. The third kappa shape index (κ3) is 3.52. The van der Waals surface area contributed by atoms with Gasteiger partial charge < -0.3 is 15.6 Å². The molecule has 0 spiro atoms. The van der Waals surface area contributed by atoms with Crippen molar-refractivity contribution in [3.63, 3.8) is 0 Å². The highest BCUT2D eigenvalue weighted by Gasteiger charge is 2.33.